The molecule has 1 saturated heterocycles. The first-order valence-electron chi connectivity index (χ1n) is 9.79. The number of nitrogens with one attached hydrogen (secondary N) is 1. The fourth-order valence-corrected chi connectivity index (χ4v) is 3.50. The number of ether oxygens (including phenoxy) is 1. The zero-order valence-electron chi connectivity index (χ0n) is 16.4. The number of anilines is 1. The zero-order chi connectivity index (χ0) is 19.5. The fraction of sp³-hybridized carbons (Fsp3) is 0.429. The lowest BCUT2D eigenvalue weighted by Gasteiger charge is -2.26. The Morgan fingerprint density at radius 1 is 1.14 bits per heavy atom. The van der Waals surface area contributed by atoms with Crippen molar-refractivity contribution < 1.29 is 9.13 Å². The second kappa shape index (κ2) is 8.24. The van der Waals surface area contributed by atoms with E-state index in [0.29, 0.717) is 0 Å². The van der Waals surface area contributed by atoms with Crippen LogP contribution in [0.2, 0.25) is 0 Å². The Hall–Kier alpha value is -2.51. The van der Waals surface area contributed by atoms with E-state index in [4.69, 9.17) is 9.84 Å². The highest BCUT2D eigenvalue weighted by Gasteiger charge is 2.14. The lowest BCUT2D eigenvalue weighted by Crippen LogP contribution is -2.37. The Balaban J connectivity index is 1.52. The fourth-order valence-electron chi connectivity index (χ4n) is 3.50. The van der Waals surface area contributed by atoms with Crippen molar-refractivity contribution in [3.8, 4) is 11.3 Å². The molecule has 1 aliphatic heterocycles. The van der Waals surface area contributed by atoms with Crippen LogP contribution in [0, 0.1) is 19.7 Å². The Morgan fingerprint density at radius 2 is 1.89 bits per heavy atom. The second-order valence-electron chi connectivity index (χ2n) is 7.21. The molecule has 0 spiro atoms. The summed E-state index contributed by atoms with van der Waals surface area (Å²) in [6.45, 7) is 9.68. The number of rotatable bonds is 6. The molecule has 7 heteroatoms. The number of hydrogen-bond acceptors (Lipinski definition) is 5. The van der Waals surface area contributed by atoms with Crippen molar-refractivity contribution in [1.82, 2.24) is 19.5 Å². The van der Waals surface area contributed by atoms with Crippen LogP contribution in [0.4, 0.5) is 10.2 Å². The van der Waals surface area contributed by atoms with Crippen LogP contribution >= 0.6 is 0 Å². The molecule has 0 amide bonds. The number of fused-ring (bicyclic) bond motifs is 1. The number of morpholine rings is 1. The van der Waals surface area contributed by atoms with Crippen molar-refractivity contribution >= 4 is 11.5 Å². The van der Waals surface area contributed by atoms with Crippen molar-refractivity contribution in [2.45, 2.75) is 20.3 Å². The average molecular weight is 383 g/mol. The van der Waals surface area contributed by atoms with Gasteiger partial charge in [0.15, 0.2) is 5.65 Å². The molecule has 0 bridgehead atoms. The summed E-state index contributed by atoms with van der Waals surface area (Å²) in [7, 11) is 0. The molecule has 3 heterocycles. The quantitative estimate of drug-likeness (QED) is 0.662. The van der Waals surface area contributed by atoms with Gasteiger partial charge in [-0.15, -0.1) is 0 Å². The molecule has 2 aromatic heterocycles. The topological polar surface area (TPSA) is 54.7 Å². The molecular formula is C21H26FN5O. The zero-order valence-corrected chi connectivity index (χ0v) is 16.4. The smallest absolute Gasteiger partial charge is 0.158 e. The van der Waals surface area contributed by atoms with Crippen LogP contribution in [0.25, 0.3) is 16.9 Å². The highest BCUT2D eigenvalue weighted by atomic mass is 19.1. The van der Waals surface area contributed by atoms with E-state index < -0.39 is 0 Å². The summed E-state index contributed by atoms with van der Waals surface area (Å²) < 4.78 is 20.5. The minimum absolute atomic E-state index is 0.250. The Kier molecular flexibility index (Phi) is 5.54. The van der Waals surface area contributed by atoms with Crippen molar-refractivity contribution in [3.63, 3.8) is 0 Å². The largest absolute Gasteiger partial charge is 0.379 e. The van der Waals surface area contributed by atoms with E-state index in [9.17, 15) is 4.39 Å². The first-order chi connectivity index (χ1) is 13.6. The number of nitrogens with zero attached hydrogens (tertiary/aromatic N) is 4. The van der Waals surface area contributed by atoms with Crippen LogP contribution in [0.1, 0.15) is 17.7 Å². The Labute approximate surface area is 164 Å². The molecule has 6 nitrogen and oxygen atoms in total. The van der Waals surface area contributed by atoms with Gasteiger partial charge in [-0.05, 0) is 51.1 Å². The minimum Gasteiger partial charge on any atom is -0.379 e. The number of aryl methyl sites for hydroxylation is 1. The number of aromatic nitrogens is 3. The third kappa shape index (κ3) is 4.00. The van der Waals surface area contributed by atoms with E-state index in [1.54, 1.807) is 12.1 Å². The predicted molar refractivity (Wildman–Crippen MR) is 108 cm³/mol. The third-order valence-electron chi connectivity index (χ3n) is 5.27. The molecule has 148 valence electrons. The minimum atomic E-state index is -0.250. The van der Waals surface area contributed by atoms with Crippen LogP contribution in [-0.2, 0) is 4.74 Å². The van der Waals surface area contributed by atoms with Crippen LogP contribution in [0.5, 0.6) is 0 Å². The molecule has 1 fully saturated rings. The van der Waals surface area contributed by atoms with Gasteiger partial charge in [-0.1, -0.05) is 0 Å². The van der Waals surface area contributed by atoms with Crippen LogP contribution < -0.4 is 5.32 Å². The van der Waals surface area contributed by atoms with E-state index in [1.807, 2.05) is 17.5 Å². The van der Waals surface area contributed by atoms with Gasteiger partial charge in [0.2, 0.25) is 0 Å². The van der Waals surface area contributed by atoms with Crippen molar-refractivity contribution in [1.29, 1.82) is 0 Å². The molecule has 0 radical (unpaired) electrons. The molecule has 1 aliphatic rings. The van der Waals surface area contributed by atoms with Crippen LogP contribution in [0.15, 0.2) is 30.3 Å². The summed E-state index contributed by atoms with van der Waals surface area (Å²) >= 11 is 0. The average Bonchev–Trinajstić information content (AvgIpc) is 3.12. The van der Waals surface area contributed by atoms with Gasteiger partial charge in [0.25, 0.3) is 0 Å². The number of benzene rings is 1. The molecular weight excluding hydrogens is 357 g/mol. The Morgan fingerprint density at radius 3 is 2.64 bits per heavy atom. The molecule has 3 aromatic rings. The van der Waals surface area contributed by atoms with Gasteiger partial charge in [0.1, 0.15) is 11.6 Å². The van der Waals surface area contributed by atoms with Gasteiger partial charge >= 0.3 is 0 Å². The Bertz CT molecular complexity index is 948. The normalized spacial score (nSPS) is 15.2. The molecule has 0 unspecified atom stereocenters. The van der Waals surface area contributed by atoms with Gasteiger partial charge in [0.05, 0.1) is 18.9 Å². The van der Waals surface area contributed by atoms with E-state index in [2.05, 4.69) is 22.1 Å². The van der Waals surface area contributed by atoms with E-state index in [0.717, 1.165) is 79.8 Å². The molecule has 0 saturated carbocycles. The maximum Gasteiger partial charge on any atom is 0.158 e. The lowest BCUT2D eigenvalue weighted by atomic mass is 10.1. The van der Waals surface area contributed by atoms with Crippen LogP contribution in [0.3, 0.4) is 0 Å². The van der Waals surface area contributed by atoms with Crippen molar-refractivity contribution in [2.75, 3.05) is 44.7 Å². The summed E-state index contributed by atoms with van der Waals surface area (Å²) in [5.74, 6) is 0.720. The van der Waals surface area contributed by atoms with Gasteiger partial charge in [-0.3, -0.25) is 4.90 Å². The van der Waals surface area contributed by atoms with Gasteiger partial charge < -0.3 is 10.1 Å². The molecule has 0 atom stereocenters. The number of halogens is 1. The SMILES string of the molecule is Cc1nc2cc(-c3ccc(F)cc3)nn2c(NCCCN2CCOCC2)c1C. The van der Waals surface area contributed by atoms with Crippen molar-refractivity contribution in [2.24, 2.45) is 0 Å². The summed E-state index contributed by atoms with van der Waals surface area (Å²) in [6.07, 6.45) is 1.05. The van der Waals surface area contributed by atoms with E-state index >= 15 is 0 Å². The maximum absolute atomic E-state index is 13.2. The van der Waals surface area contributed by atoms with Gasteiger partial charge in [-0.2, -0.15) is 9.61 Å². The monoisotopic (exact) mass is 383 g/mol. The molecule has 28 heavy (non-hydrogen) atoms. The van der Waals surface area contributed by atoms with Gasteiger partial charge in [-0.25, -0.2) is 9.37 Å². The maximum atomic E-state index is 13.2. The summed E-state index contributed by atoms with van der Waals surface area (Å²) in [4.78, 5) is 7.10. The van der Waals surface area contributed by atoms with Crippen molar-refractivity contribution in [3.05, 3.63) is 47.4 Å². The summed E-state index contributed by atoms with van der Waals surface area (Å²) in [5, 5.41) is 8.28. The lowest BCUT2D eigenvalue weighted by molar-refractivity contribution is 0.0378. The van der Waals surface area contributed by atoms with Crippen LogP contribution in [-0.4, -0.2) is 58.9 Å². The molecule has 0 aliphatic carbocycles. The highest BCUT2D eigenvalue weighted by molar-refractivity contribution is 5.66. The molecule has 1 aromatic carbocycles. The van der Waals surface area contributed by atoms with E-state index in [1.165, 1.54) is 12.1 Å². The first-order valence-corrected chi connectivity index (χ1v) is 9.79. The van der Waals surface area contributed by atoms with E-state index in [-0.39, 0.29) is 5.82 Å². The molecule has 4 rings (SSSR count). The molecule has 1 N–H and O–H groups in total. The first kappa shape index (κ1) is 18.8. The van der Waals surface area contributed by atoms with Gasteiger partial charge in [0, 0.05) is 42.5 Å². The highest BCUT2D eigenvalue weighted by Crippen LogP contribution is 2.24. The third-order valence-corrected chi connectivity index (χ3v) is 5.27. The standard InChI is InChI=1S/C21H26FN5O/c1-15-16(2)24-20-14-19(17-4-6-18(22)7-5-17)25-27(20)21(15)23-8-3-9-26-10-12-28-13-11-26/h4-7,14,23H,3,8-13H2,1-2H3. The summed E-state index contributed by atoms with van der Waals surface area (Å²) in [5.41, 5.74) is 4.52. The number of hydrogen-bond donors (Lipinski definition) is 1. The summed E-state index contributed by atoms with van der Waals surface area (Å²) in [6, 6.07) is 8.33. The second-order valence-corrected chi connectivity index (χ2v) is 7.21. The predicted octanol–water partition coefficient (Wildman–Crippen LogP) is 3.29.